The van der Waals surface area contributed by atoms with Crippen molar-refractivity contribution in [3.05, 3.63) is 23.8 Å². The summed E-state index contributed by atoms with van der Waals surface area (Å²) < 4.78 is 5.18. The molecular formula is C14H20N2O4. The van der Waals surface area contributed by atoms with Crippen molar-refractivity contribution in [2.75, 3.05) is 32.6 Å². The number of aryl methyl sites for hydroxylation is 1. The lowest BCUT2D eigenvalue weighted by molar-refractivity contribution is -0.137. The van der Waals surface area contributed by atoms with Crippen molar-refractivity contribution in [2.45, 2.75) is 13.3 Å². The van der Waals surface area contributed by atoms with Crippen molar-refractivity contribution in [1.29, 1.82) is 0 Å². The molecule has 1 aromatic carbocycles. The molecule has 6 heteroatoms. The van der Waals surface area contributed by atoms with Gasteiger partial charge in [0.15, 0.2) is 0 Å². The van der Waals surface area contributed by atoms with Crippen molar-refractivity contribution >= 4 is 17.6 Å². The van der Waals surface area contributed by atoms with Crippen LogP contribution in [0.25, 0.3) is 0 Å². The Hall–Kier alpha value is -2.08. The van der Waals surface area contributed by atoms with Crippen molar-refractivity contribution in [3.63, 3.8) is 0 Å². The number of hydrogen-bond donors (Lipinski definition) is 2. The van der Waals surface area contributed by atoms with E-state index < -0.39 is 5.97 Å². The second-order valence-corrected chi connectivity index (χ2v) is 4.63. The molecule has 0 spiro atoms. The number of benzene rings is 1. The van der Waals surface area contributed by atoms with Crippen LogP contribution in [0, 0.1) is 6.92 Å². The third-order valence-electron chi connectivity index (χ3n) is 2.75. The number of carboxylic acids is 1. The second kappa shape index (κ2) is 7.49. The zero-order valence-electron chi connectivity index (χ0n) is 12.0. The number of anilines is 1. The lowest BCUT2D eigenvalue weighted by atomic mass is 10.2. The van der Waals surface area contributed by atoms with Gasteiger partial charge in [0.25, 0.3) is 0 Å². The first-order chi connectivity index (χ1) is 9.42. The third kappa shape index (κ3) is 5.27. The van der Waals surface area contributed by atoms with E-state index in [1.165, 1.54) is 0 Å². The summed E-state index contributed by atoms with van der Waals surface area (Å²) in [6.45, 7) is 2.38. The molecule has 0 fully saturated rings. The van der Waals surface area contributed by atoms with Crippen LogP contribution in [-0.4, -0.2) is 49.1 Å². The monoisotopic (exact) mass is 280 g/mol. The molecular weight excluding hydrogens is 260 g/mol. The predicted octanol–water partition coefficient (Wildman–Crippen LogP) is 1.35. The fourth-order valence-electron chi connectivity index (χ4n) is 1.72. The van der Waals surface area contributed by atoms with Gasteiger partial charge in [-0.2, -0.15) is 0 Å². The number of amides is 1. The summed E-state index contributed by atoms with van der Waals surface area (Å²) in [6, 6.07) is 5.51. The number of aliphatic carboxylic acids is 1. The first-order valence-corrected chi connectivity index (χ1v) is 6.27. The van der Waals surface area contributed by atoms with Crippen molar-refractivity contribution in [3.8, 4) is 5.75 Å². The fourth-order valence-corrected chi connectivity index (χ4v) is 1.72. The maximum Gasteiger partial charge on any atom is 0.304 e. The van der Waals surface area contributed by atoms with Gasteiger partial charge < -0.3 is 15.2 Å². The summed E-state index contributed by atoms with van der Waals surface area (Å²) in [5.41, 5.74) is 1.63. The number of hydrogen-bond acceptors (Lipinski definition) is 4. The summed E-state index contributed by atoms with van der Waals surface area (Å²) >= 11 is 0. The first kappa shape index (κ1) is 16.0. The number of ether oxygens (including phenoxy) is 1. The van der Waals surface area contributed by atoms with Gasteiger partial charge in [-0.15, -0.1) is 0 Å². The van der Waals surface area contributed by atoms with Gasteiger partial charge in [0, 0.05) is 6.54 Å². The highest BCUT2D eigenvalue weighted by atomic mass is 16.5. The van der Waals surface area contributed by atoms with Crippen LogP contribution in [0.3, 0.4) is 0 Å². The average Bonchev–Trinajstić information content (AvgIpc) is 2.36. The summed E-state index contributed by atoms with van der Waals surface area (Å²) in [5, 5.41) is 11.4. The highest BCUT2D eigenvalue weighted by molar-refractivity contribution is 5.93. The molecule has 1 aromatic rings. The maximum atomic E-state index is 11.9. The normalized spacial score (nSPS) is 10.4. The molecule has 6 nitrogen and oxygen atoms in total. The molecule has 0 aliphatic rings. The Morgan fingerprint density at radius 1 is 1.40 bits per heavy atom. The largest absolute Gasteiger partial charge is 0.495 e. The average molecular weight is 280 g/mol. The quantitative estimate of drug-likeness (QED) is 0.788. The van der Waals surface area contributed by atoms with Gasteiger partial charge in [-0.25, -0.2) is 0 Å². The van der Waals surface area contributed by atoms with Crippen LogP contribution < -0.4 is 10.1 Å². The Morgan fingerprint density at radius 2 is 2.10 bits per heavy atom. The highest BCUT2D eigenvalue weighted by Crippen LogP contribution is 2.24. The Labute approximate surface area is 118 Å². The summed E-state index contributed by atoms with van der Waals surface area (Å²) in [6.07, 6.45) is 0.0115. The number of carbonyl (C=O) groups excluding carboxylic acids is 1. The number of likely N-dealkylation sites (N-methyl/N-ethyl adjacent to an activating group) is 1. The fraction of sp³-hybridized carbons (Fsp3) is 0.429. The van der Waals surface area contributed by atoms with Crippen LogP contribution in [0.4, 0.5) is 5.69 Å². The molecule has 0 aliphatic carbocycles. The van der Waals surface area contributed by atoms with Crippen LogP contribution in [-0.2, 0) is 9.59 Å². The van der Waals surface area contributed by atoms with E-state index in [0.717, 1.165) is 5.56 Å². The molecule has 0 radical (unpaired) electrons. The molecule has 0 aromatic heterocycles. The molecule has 0 bridgehead atoms. The Kier molecular flexibility index (Phi) is 5.99. The Bertz CT molecular complexity index is 488. The molecule has 0 unspecified atom stereocenters. The predicted molar refractivity (Wildman–Crippen MR) is 76.1 cm³/mol. The van der Waals surface area contributed by atoms with E-state index >= 15 is 0 Å². The number of carboxylic acid groups (broad SMARTS) is 1. The molecule has 0 atom stereocenters. The van der Waals surface area contributed by atoms with Crippen LogP contribution in [0.2, 0.25) is 0 Å². The van der Waals surface area contributed by atoms with Crippen LogP contribution in [0.1, 0.15) is 12.0 Å². The summed E-state index contributed by atoms with van der Waals surface area (Å²) in [4.78, 5) is 24.0. The minimum atomic E-state index is -0.877. The van der Waals surface area contributed by atoms with Crippen LogP contribution in [0.15, 0.2) is 18.2 Å². The minimum Gasteiger partial charge on any atom is -0.495 e. The molecule has 2 N–H and O–H groups in total. The van der Waals surface area contributed by atoms with E-state index in [9.17, 15) is 9.59 Å². The number of nitrogens with zero attached hydrogens (tertiary/aromatic N) is 1. The third-order valence-corrected chi connectivity index (χ3v) is 2.75. The van der Waals surface area contributed by atoms with Gasteiger partial charge in [0.1, 0.15) is 5.75 Å². The van der Waals surface area contributed by atoms with E-state index in [-0.39, 0.29) is 18.9 Å². The second-order valence-electron chi connectivity index (χ2n) is 4.63. The molecule has 20 heavy (non-hydrogen) atoms. The zero-order chi connectivity index (χ0) is 15.1. The molecule has 0 heterocycles. The Morgan fingerprint density at radius 3 is 2.70 bits per heavy atom. The standard InChI is InChI=1S/C14H20N2O4/c1-10-4-5-12(20-3)11(8-10)15-13(17)9-16(2)7-6-14(18)19/h4-5,8H,6-7,9H2,1-3H3,(H,15,17)(H,18,19). The van der Waals surface area contributed by atoms with Gasteiger partial charge >= 0.3 is 5.97 Å². The molecule has 1 amide bonds. The topological polar surface area (TPSA) is 78.9 Å². The van der Waals surface area contributed by atoms with Crippen molar-refractivity contribution < 1.29 is 19.4 Å². The molecule has 0 saturated heterocycles. The van der Waals surface area contributed by atoms with Gasteiger partial charge in [-0.3, -0.25) is 14.5 Å². The summed E-state index contributed by atoms with van der Waals surface area (Å²) in [5.74, 6) is -0.489. The van der Waals surface area contributed by atoms with Crippen LogP contribution >= 0.6 is 0 Å². The van der Waals surface area contributed by atoms with E-state index in [1.807, 2.05) is 19.1 Å². The molecule has 0 aliphatic heterocycles. The van der Waals surface area contributed by atoms with Gasteiger partial charge in [0.05, 0.1) is 25.8 Å². The van der Waals surface area contributed by atoms with Gasteiger partial charge in [-0.1, -0.05) is 6.07 Å². The SMILES string of the molecule is COc1ccc(C)cc1NC(=O)CN(C)CCC(=O)O. The molecule has 1 rings (SSSR count). The number of rotatable bonds is 7. The molecule has 0 saturated carbocycles. The van der Waals surface area contributed by atoms with E-state index in [1.54, 1.807) is 25.1 Å². The Balaban J connectivity index is 2.57. The van der Waals surface area contributed by atoms with Crippen LogP contribution in [0.5, 0.6) is 5.75 Å². The summed E-state index contributed by atoms with van der Waals surface area (Å²) in [7, 11) is 3.25. The number of methoxy groups -OCH3 is 1. The van der Waals surface area contributed by atoms with E-state index in [0.29, 0.717) is 18.0 Å². The lowest BCUT2D eigenvalue weighted by Gasteiger charge is -2.16. The number of carbonyl (C=O) groups is 2. The van der Waals surface area contributed by atoms with E-state index in [2.05, 4.69) is 5.32 Å². The minimum absolute atomic E-state index is 0.0115. The molecule has 110 valence electrons. The highest BCUT2D eigenvalue weighted by Gasteiger charge is 2.11. The number of nitrogens with one attached hydrogen (secondary N) is 1. The van der Waals surface area contributed by atoms with E-state index in [4.69, 9.17) is 9.84 Å². The van der Waals surface area contributed by atoms with Gasteiger partial charge in [0.2, 0.25) is 5.91 Å². The van der Waals surface area contributed by atoms with Crippen molar-refractivity contribution in [2.24, 2.45) is 0 Å². The van der Waals surface area contributed by atoms with Gasteiger partial charge in [-0.05, 0) is 31.7 Å². The lowest BCUT2D eigenvalue weighted by Crippen LogP contribution is -2.31. The smallest absolute Gasteiger partial charge is 0.304 e. The maximum absolute atomic E-state index is 11.9. The van der Waals surface area contributed by atoms with Crippen molar-refractivity contribution in [1.82, 2.24) is 4.90 Å². The first-order valence-electron chi connectivity index (χ1n) is 6.27. The zero-order valence-corrected chi connectivity index (χ0v) is 12.0.